The van der Waals surface area contributed by atoms with Crippen LogP contribution < -0.4 is 10.6 Å². The molecule has 0 fully saturated rings. The highest BCUT2D eigenvalue weighted by molar-refractivity contribution is 7.87. The van der Waals surface area contributed by atoms with Crippen molar-refractivity contribution in [2.45, 2.75) is 64.5 Å². The molecule has 0 aliphatic carbocycles. The van der Waals surface area contributed by atoms with E-state index in [2.05, 4.69) is 27.4 Å². The third kappa shape index (κ3) is 14.1. The molecule has 0 heterocycles. The van der Waals surface area contributed by atoms with Crippen molar-refractivity contribution < 1.29 is 69.5 Å². The van der Waals surface area contributed by atoms with Crippen molar-refractivity contribution in [2.75, 3.05) is 64.7 Å². The lowest BCUT2D eigenvalue weighted by molar-refractivity contribution is 0.0792. The molecule has 274 valence electrons. The van der Waals surface area contributed by atoms with Gasteiger partial charge in [0.1, 0.15) is 13.2 Å². The number of alkyl carbamates (subject to hydrolysis) is 2. The summed E-state index contributed by atoms with van der Waals surface area (Å²) in [5.41, 5.74) is -3.34. The number of rotatable bonds is 23. The minimum absolute atomic E-state index is 0.0534. The second-order valence-electron chi connectivity index (χ2n) is 10.3. The number of hydrogen-bond acceptors (Lipinski definition) is 16. The molecule has 0 bridgehead atoms. The summed E-state index contributed by atoms with van der Waals surface area (Å²) in [7, 11) is -12.9. The lowest BCUT2D eigenvalue weighted by Gasteiger charge is -2.39. The van der Waals surface area contributed by atoms with Crippen LogP contribution in [0.2, 0.25) is 0 Å². The highest BCUT2D eigenvalue weighted by Gasteiger charge is 2.46. The van der Waals surface area contributed by atoms with Crippen molar-refractivity contribution in [3.8, 4) is 0 Å². The first-order chi connectivity index (χ1) is 21.1. The van der Waals surface area contributed by atoms with Crippen LogP contribution in [-0.4, -0.2) is 122 Å². The molecule has 0 spiro atoms. The summed E-state index contributed by atoms with van der Waals surface area (Å²) in [6, 6.07) is 0. The van der Waals surface area contributed by atoms with E-state index < -0.39 is 112 Å². The van der Waals surface area contributed by atoms with Crippen LogP contribution in [-0.2, 0) is 66.7 Å². The van der Waals surface area contributed by atoms with Crippen molar-refractivity contribution in [3.05, 3.63) is 0 Å². The maximum atomic E-state index is 12.8. The molecule has 0 radical (unpaired) electrons. The van der Waals surface area contributed by atoms with Gasteiger partial charge in [0.25, 0.3) is 40.5 Å². The van der Waals surface area contributed by atoms with Gasteiger partial charge in [-0.25, -0.2) is 9.59 Å². The monoisotopic (exact) mass is 748 g/mol. The maximum Gasteiger partial charge on any atom is 0.407 e. The van der Waals surface area contributed by atoms with Gasteiger partial charge in [0.05, 0.1) is 62.5 Å². The third-order valence-corrected chi connectivity index (χ3v) is 13.1. The van der Waals surface area contributed by atoms with E-state index in [1.807, 2.05) is 0 Å². The molecule has 0 aromatic heterocycles. The molecule has 46 heavy (non-hydrogen) atoms. The zero-order valence-corrected chi connectivity index (χ0v) is 30.7. The molecule has 4 unspecified atom stereocenters. The quantitative estimate of drug-likeness (QED) is 0.108. The van der Waals surface area contributed by atoms with E-state index in [0.717, 1.165) is 28.4 Å². The maximum absolute atomic E-state index is 12.8. The van der Waals surface area contributed by atoms with Crippen molar-refractivity contribution >= 4 is 52.7 Å². The van der Waals surface area contributed by atoms with Gasteiger partial charge in [-0.2, -0.15) is 33.7 Å². The Morgan fingerprint density at radius 2 is 0.826 bits per heavy atom. The van der Waals surface area contributed by atoms with Crippen LogP contribution in [0.1, 0.15) is 53.4 Å². The Hall–Kier alpha value is -1.82. The molecule has 22 heteroatoms. The van der Waals surface area contributed by atoms with Crippen LogP contribution in [0.5, 0.6) is 0 Å². The number of carbonyl (C=O) groups is 2. The van der Waals surface area contributed by atoms with Crippen LogP contribution in [0.15, 0.2) is 0 Å². The Balaban J connectivity index is 5.87. The second-order valence-corrected chi connectivity index (χ2v) is 17.3. The first kappa shape index (κ1) is 44.2. The minimum atomic E-state index is -4.23. The van der Waals surface area contributed by atoms with E-state index in [-0.39, 0.29) is 25.7 Å². The van der Waals surface area contributed by atoms with Crippen LogP contribution in [0, 0.1) is 11.8 Å². The molecule has 0 saturated heterocycles. The second kappa shape index (κ2) is 18.7. The third-order valence-electron chi connectivity index (χ3n) is 7.76. The van der Waals surface area contributed by atoms with E-state index in [4.69, 9.17) is 9.47 Å². The predicted molar refractivity (Wildman–Crippen MR) is 166 cm³/mol. The van der Waals surface area contributed by atoms with Crippen molar-refractivity contribution in [2.24, 2.45) is 11.8 Å². The highest BCUT2D eigenvalue weighted by Crippen LogP contribution is 2.30. The van der Waals surface area contributed by atoms with Crippen LogP contribution in [0.25, 0.3) is 0 Å². The number of nitrogens with one attached hydrogen (secondary N) is 2. The standard InChI is InChI=1S/C24H48N2O16S4/c1-9-19(15-43(29,30)37-5)23(11-3,17-45(33,34)39-7)25-21(27)41-13-14-42-22(28)26-24(12-4,18-46(35,36)40-8)20(10-2)16-44(31,32)38-6/h19-20H,9-18H2,1-8H3,(H,25,27)(H,26,28). The van der Waals surface area contributed by atoms with Crippen molar-refractivity contribution in [3.63, 3.8) is 0 Å². The summed E-state index contributed by atoms with van der Waals surface area (Å²) >= 11 is 0. The van der Waals surface area contributed by atoms with Crippen LogP contribution in [0.3, 0.4) is 0 Å². The molecule has 0 saturated carbocycles. The largest absolute Gasteiger partial charge is 0.446 e. The van der Waals surface area contributed by atoms with Gasteiger partial charge >= 0.3 is 12.2 Å². The normalized spacial score (nSPS) is 16.8. The van der Waals surface area contributed by atoms with E-state index in [1.165, 1.54) is 13.8 Å². The van der Waals surface area contributed by atoms with Gasteiger partial charge in [0, 0.05) is 0 Å². The molecular formula is C24H48N2O16S4. The SMILES string of the molecule is CCC(CS(=O)(=O)OC)C(CC)(CS(=O)(=O)OC)NC(=O)OCCOC(=O)NC(CC)(CS(=O)(=O)OC)C(CC)CS(=O)(=O)OC. The average Bonchev–Trinajstić information content (AvgIpc) is 2.99. The Kier molecular flexibility index (Phi) is 17.9. The number of carbonyl (C=O) groups excluding carboxylic acids is 2. The van der Waals surface area contributed by atoms with Crippen molar-refractivity contribution in [1.29, 1.82) is 0 Å². The Morgan fingerprint density at radius 1 is 0.543 bits per heavy atom. The first-order valence-electron chi connectivity index (χ1n) is 14.1. The summed E-state index contributed by atoms with van der Waals surface area (Å²) in [6.07, 6.45) is -2.20. The molecule has 2 amide bonds. The average molecular weight is 749 g/mol. The Labute approximate surface area is 273 Å². The molecule has 4 atom stereocenters. The van der Waals surface area contributed by atoms with Gasteiger partial charge in [0.15, 0.2) is 0 Å². The van der Waals surface area contributed by atoms with Crippen LogP contribution in [0.4, 0.5) is 9.59 Å². The fraction of sp³-hybridized carbons (Fsp3) is 0.917. The molecule has 0 aliphatic rings. The van der Waals surface area contributed by atoms with Gasteiger partial charge in [-0.05, 0) is 37.5 Å². The molecule has 18 nitrogen and oxygen atoms in total. The summed E-state index contributed by atoms with van der Waals surface area (Å²) in [6.45, 7) is 5.14. The summed E-state index contributed by atoms with van der Waals surface area (Å²) < 4.78 is 127. The smallest absolute Gasteiger partial charge is 0.407 e. The van der Waals surface area contributed by atoms with Gasteiger partial charge in [-0.15, -0.1) is 0 Å². The summed E-state index contributed by atoms with van der Waals surface area (Å²) in [5.74, 6) is -4.75. The zero-order valence-electron chi connectivity index (χ0n) is 27.4. The van der Waals surface area contributed by atoms with Gasteiger partial charge in [-0.3, -0.25) is 16.7 Å². The van der Waals surface area contributed by atoms with Gasteiger partial charge in [0.2, 0.25) is 0 Å². The fourth-order valence-electron chi connectivity index (χ4n) is 4.93. The van der Waals surface area contributed by atoms with Gasteiger partial charge < -0.3 is 20.1 Å². The van der Waals surface area contributed by atoms with E-state index >= 15 is 0 Å². The lowest BCUT2D eigenvalue weighted by Crippen LogP contribution is -2.59. The summed E-state index contributed by atoms with van der Waals surface area (Å²) in [4.78, 5) is 25.6. The van der Waals surface area contributed by atoms with Crippen LogP contribution >= 0.6 is 0 Å². The topological polar surface area (TPSA) is 250 Å². The Bertz CT molecular complexity index is 1310. The lowest BCUT2D eigenvalue weighted by atomic mass is 9.82. The molecule has 0 aliphatic heterocycles. The highest BCUT2D eigenvalue weighted by atomic mass is 32.2. The number of hydrogen-bond donors (Lipinski definition) is 2. The fourth-order valence-corrected chi connectivity index (χ4v) is 9.82. The number of ether oxygens (including phenoxy) is 2. The zero-order chi connectivity index (χ0) is 36.0. The molecule has 0 rings (SSSR count). The molecule has 0 aromatic rings. The van der Waals surface area contributed by atoms with E-state index in [1.54, 1.807) is 13.8 Å². The molecule has 2 N–H and O–H groups in total. The van der Waals surface area contributed by atoms with E-state index in [9.17, 15) is 43.3 Å². The minimum Gasteiger partial charge on any atom is -0.446 e. The van der Waals surface area contributed by atoms with Crippen molar-refractivity contribution in [1.82, 2.24) is 10.6 Å². The molecular weight excluding hydrogens is 701 g/mol. The van der Waals surface area contributed by atoms with E-state index in [0.29, 0.717) is 0 Å². The Morgan fingerprint density at radius 3 is 1.04 bits per heavy atom. The first-order valence-corrected chi connectivity index (χ1v) is 20.4. The molecule has 0 aromatic carbocycles. The summed E-state index contributed by atoms with van der Waals surface area (Å²) in [5, 5.41) is 4.88. The number of amides is 2. The van der Waals surface area contributed by atoms with Gasteiger partial charge in [-0.1, -0.05) is 27.7 Å². The predicted octanol–water partition coefficient (Wildman–Crippen LogP) is 0.694.